The van der Waals surface area contributed by atoms with Crippen LogP contribution < -0.4 is 0 Å². The predicted octanol–water partition coefficient (Wildman–Crippen LogP) is 2.64. The molecular weight excluding hydrogens is 276 g/mol. The largest absolute Gasteiger partial charge is 0.299 e. The number of nitrogens with zero attached hydrogens (tertiary/aromatic N) is 2. The van der Waals surface area contributed by atoms with E-state index in [1.165, 1.54) is 13.8 Å². The maximum atomic E-state index is 12.0. The molecule has 1 aromatic carbocycles. The molecule has 1 fully saturated rings. The SMILES string of the molecule is CC(=O)C1(C(C)=O)[C@H](c2ccc(Cl)cc2)C1(C#N)C#N. The summed E-state index contributed by atoms with van der Waals surface area (Å²) in [7, 11) is 0. The summed E-state index contributed by atoms with van der Waals surface area (Å²) in [6.07, 6.45) is 0. The Balaban J connectivity index is 2.67. The number of hydrogen-bond acceptors (Lipinski definition) is 4. The number of Topliss-reactive ketones (excluding diaryl/α,β-unsaturated/α-hetero) is 2. The van der Waals surface area contributed by atoms with Crippen LogP contribution in [0.5, 0.6) is 0 Å². The van der Waals surface area contributed by atoms with Crippen LogP contribution in [0.1, 0.15) is 25.3 Å². The summed E-state index contributed by atoms with van der Waals surface area (Å²) in [5.41, 5.74) is -2.59. The van der Waals surface area contributed by atoms with Crippen LogP contribution in [0.4, 0.5) is 0 Å². The van der Waals surface area contributed by atoms with Gasteiger partial charge in [-0.3, -0.25) is 9.59 Å². The first-order valence-corrected chi connectivity index (χ1v) is 6.36. The van der Waals surface area contributed by atoms with E-state index in [2.05, 4.69) is 0 Å². The highest BCUT2D eigenvalue weighted by Crippen LogP contribution is 2.74. The minimum absolute atomic E-state index is 0.451. The number of hydrogen-bond donors (Lipinski definition) is 0. The summed E-state index contributed by atoms with van der Waals surface area (Å²) in [6, 6.07) is 10.3. The predicted molar refractivity (Wildman–Crippen MR) is 71.6 cm³/mol. The number of carbonyl (C=O) groups excluding carboxylic acids is 2. The smallest absolute Gasteiger partial charge is 0.172 e. The van der Waals surface area contributed by atoms with E-state index in [4.69, 9.17) is 11.6 Å². The summed E-state index contributed by atoms with van der Waals surface area (Å²) >= 11 is 5.81. The summed E-state index contributed by atoms with van der Waals surface area (Å²) in [5.74, 6) is -1.64. The molecule has 1 aliphatic carbocycles. The Bertz CT molecular complexity index is 651. The van der Waals surface area contributed by atoms with Gasteiger partial charge in [0.2, 0.25) is 0 Å². The van der Waals surface area contributed by atoms with Gasteiger partial charge in [-0.15, -0.1) is 0 Å². The summed E-state index contributed by atoms with van der Waals surface area (Å²) < 4.78 is 0. The minimum Gasteiger partial charge on any atom is -0.299 e. The average molecular weight is 287 g/mol. The van der Waals surface area contributed by atoms with Crippen molar-refractivity contribution in [3.63, 3.8) is 0 Å². The molecule has 0 radical (unpaired) electrons. The van der Waals surface area contributed by atoms with Crippen LogP contribution in [0.15, 0.2) is 24.3 Å². The van der Waals surface area contributed by atoms with Crippen molar-refractivity contribution in [3.8, 4) is 12.1 Å². The molecule has 1 atom stereocenters. The van der Waals surface area contributed by atoms with E-state index >= 15 is 0 Å². The Kier molecular flexibility index (Phi) is 3.16. The third-order valence-corrected chi connectivity index (χ3v) is 4.32. The molecule has 0 bridgehead atoms. The Labute approximate surface area is 121 Å². The van der Waals surface area contributed by atoms with E-state index in [0.29, 0.717) is 10.6 Å². The molecule has 0 unspecified atom stereocenters. The molecule has 0 spiro atoms. The van der Waals surface area contributed by atoms with Crippen LogP contribution >= 0.6 is 11.6 Å². The van der Waals surface area contributed by atoms with Crippen molar-refractivity contribution in [3.05, 3.63) is 34.9 Å². The highest BCUT2D eigenvalue weighted by molar-refractivity contribution is 6.30. The average Bonchev–Trinajstić information content (AvgIpc) is 3.05. The van der Waals surface area contributed by atoms with Gasteiger partial charge in [0, 0.05) is 10.9 Å². The van der Waals surface area contributed by atoms with Crippen LogP contribution in [0.3, 0.4) is 0 Å². The van der Waals surface area contributed by atoms with Gasteiger partial charge in [0.05, 0.1) is 12.1 Å². The molecule has 1 aromatic rings. The van der Waals surface area contributed by atoms with Crippen molar-refractivity contribution in [2.75, 3.05) is 0 Å². The Morgan fingerprint density at radius 2 is 1.55 bits per heavy atom. The maximum Gasteiger partial charge on any atom is 0.172 e. The third-order valence-electron chi connectivity index (χ3n) is 4.07. The third kappa shape index (κ3) is 1.46. The molecule has 0 aromatic heterocycles. The molecular formula is C15H11ClN2O2. The lowest BCUT2D eigenvalue weighted by Crippen LogP contribution is -2.28. The Morgan fingerprint density at radius 1 is 1.10 bits per heavy atom. The monoisotopic (exact) mass is 286 g/mol. The van der Waals surface area contributed by atoms with Gasteiger partial charge in [-0.2, -0.15) is 10.5 Å². The van der Waals surface area contributed by atoms with Gasteiger partial charge in [-0.05, 0) is 31.5 Å². The number of nitriles is 2. The molecule has 0 N–H and O–H groups in total. The van der Waals surface area contributed by atoms with Gasteiger partial charge >= 0.3 is 0 Å². The molecule has 100 valence electrons. The first-order valence-electron chi connectivity index (χ1n) is 5.98. The van der Waals surface area contributed by atoms with E-state index in [0.717, 1.165) is 0 Å². The van der Waals surface area contributed by atoms with Crippen molar-refractivity contribution in [1.82, 2.24) is 0 Å². The lowest BCUT2D eigenvalue weighted by Gasteiger charge is -2.09. The summed E-state index contributed by atoms with van der Waals surface area (Å²) in [5, 5.41) is 19.3. The molecule has 1 aliphatic rings. The van der Waals surface area contributed by atoms with E-state index in [-0.39, 0.29) is 0 Å². The molecule has 0 saturated heterocycles. The number of carbonyl (C=O) groups is 2. The Morgan fingerprint density at radius 3 is 1.85 bits per heavy atom. The standard InChI is InChI=1S/C15H11ClN2O2/c1-9(19)15(10(2)20)13(14(15,7-17)8-18)11-3-5-12(16)6-4-11/h3-6,13H,1-2H3/t13-/m1/s1. The molecule has 0 aliphatic heterocycles. The molecule has 20 heavy (non-hydrogen) atoms. The van der Waals surface area contributed by atoms with Crippen LogP contribution in [0.2, 0.25) is 5.02 Å². The normalized spacial score (nSPS) is 21.4. The number of benzene rings is 1. The van der Waals surface area contributed by atoms with Gasteiger partial charge in [-0.25, -0.2) is 0 Å². The number of rotatable bonds is 3. The number of halogens is 1. The van der Waals surface area contributed by atoms with Crippen molar-refractivity contribution >= 4 is 23.2 Å². The van der Waals surface area contributed by atoms with E-state index < -0.39 is 28.3 Å². The van der Waals surface area contributed by atoms with Gasteiger partial charge in [-0.1, -0.05) is 23.7 Å². The fourth-order valence-electron chi connectivity index (χ4n) is 3.17. The second kappa shape index (κ2) is 4.44. The van der Waals surface area contributed by atoms with Crippen LogP contribution in [-0.4, -0.2) is 11.6 Å². The second-order valence-electron chi connectivity index (χ2n) is 4.94. The summed E-state index contributed by atoms with van der Waals surface area (Å²) in [4.78, 5) is 24.0. The summed E-state index contributed by atoms with van der Waals surface area (Å²) in [6.45, 7) is 2.50. The van der Waals surface area contributed by atoms with Crippen molar-refractivity contribution in [2.45, 2.75) is 19.8 Å². The zero-order valence-electron chi connectivity index (χ0n) is 11.0. The van der Waals surface area contributed by atoms with Gasteiger partial charge in [0.1, 0.15) is 17.0 Å². The van der Waals surface area contributed by atoms with Gasteiger partial charge < -0.3 is 0 Å². The lowest BCUT2D eigenvalue weighted by atomic mass is 9.87. The second-order valence-corrected chi connectivity index (χ2v) is 5.37. The van der Waals surface area contributed by atoms with E-state index in [9.17, 15) is 20.1 Å². The lowest BCUT2D eigenvalue weighted by molar-refractivity contribution is -0.133. The van der Waals surface area contributed by atoms with Crippen LogP contribution in [0, 0.1) is 33.5 Å². The van der Waals surface area contributed by atoms with Crippen molar-refractivity contribution < 1.29 is 9.59 Å². The van der Waals surface area contributed by atoms with Gasteiger partial charge in [0.15, 0.2) is 5.41 Å². The quantitative estimate of drug-likeness (QED) is 0.800. The molecule has 2 rings (SSSR count). The first-order chi connectivity index (χ1) is 9.38. The van der Waals surface area contributed by atoms with Crippen LogP contribution in [-0.2, 0) is 9.59 Å². The topological polar surface area (TPSA) is 81.7 Å². The van der Waals surface area contributed by atoms with Gasteiger partial charge in [0.25, 0.3) is 0 Å². The van der Waals surface area contributed by atoms with Crippen molar-refractivity contribution in [1.29, 1.82) is 10.5 Å². The number of ketones is 2. The van der Waals surface area contributed by atoms with E-state index in [1.54, 1.807) is 24.3 Å². The molecule has 1 saturated carbocycles. The fraction of sp³-hybridized carbons (Fsp3) is 0.333. The molecule has 5 heteroatoms. The van der Waals surface area contributed by atoms with E-state index in [1.807, 2.05) is 12.1 Å². The fourth-order valence-corrected chi connectivity index (χ4v) is 3.30. The minimum atomic E-state index is -1.63. The maximum absolute atomic E-state index is 12.0. The Hall–Kier alpha value is -2.17. The zero-order valence-corrected chi connectivity index (χ0v) is 11.7. The van der Waals surface area contributed by atoms with Crippen LogP contribution in [0.25, 0.3) is 0 Å². The highest BCUT2D eigenvalue weighted by Gasteiger charge is 2.84. The molecule has 4 nitrogen and oxygen atoms in total. The highest BCUT2D eigenvalue weighted by atomic mass is 35.5. The zero-order chi connectivity index (χ0) is 15.1. The molecule has 0 amide bonds. The molecule has 0 heterocycles. The van der Waals surface area contributed by atoms with Crippen molar-refractivity contribution in [2.24, 2.45) is 10.8 Å². The first kappa shape index (κ1) is 14.2.